The van der Waals surface area contributed by atoms with Gasteiger partial charge in [0.05, 0.1) is 0 Å². The predicted molar refractivity (Wildman–Crippen MR) is 105 cm³/mol. The van der Waals surface area contributed by atoms with E-state index in [-0.39, 0.29) is 0 Å². The van der Waals surface area contributed by atoms with Gasteiger partial charge in [-0.1, -0.05) is 0 Å². The van der Waals surface area contributed by atoms with Gasteiger partial charge in [0, 0.05) is 0 Å². The molecule has 0 fully saturated rings. The fourth-order valence-electron chi connectivity index (χ4n) is 6.11. The molecule has 0 aliphatic carbocycles. The van der Waals surface area contributed by atoms with Crippen LogP contribution in [0.2, 0.25) is 0 Å². The second-order valence-corrected chi connectivity index (χ2v) is 14.9. The fraction of sp³-hybridized carbons (Fsp3) is 0.217. The molecule has 0 atom stereocenters. The summed E-state index contributed by atoms with van der Waals surface area (Å²) in [6.45, 7) is 5.98. The SMILES string of the molecule is c1ccc(C[N+]23Cc4cccc5c4[Se]24c2c(cccc2C3)CN4C5)cc1. The Balaban J connectivity index is 1.56. The van der Waals surface area contributed by atoms with E-state index in [9.17, 15) is 0 Å². The number of rotatable bonds is 2. The van der Waals surface area contributed by atoms with Crippen LogP contribution in [0.5, 0.6) is 0 Å². The van der Waals surface area contributed by atoms with Crippen molar-refractivity contribution < 1.29 is 3.50 Å². The van der Waals surface area contributed by atoms with Gasteiger partial charge in [0.1, 0.15) is 0 Å². The molecule has 0 unspecified atom stereocenters. The first-order valence-corrected chi connectivity index (χ1v) is 12.8. The van der Waals surface area contributed by atoms with Gasteiger partial charge in [-0.25, -0.2) is 0 Å². The monoisotopic (exact) mass is 405 g/mol. The van der Waals surface area contributed by atoms with Crippen LogP contribution >= 0.6 is 0 Å². The van der Waals surface area contributed by atoms with Crippen LogP contribution in [0.3, 0.4) is 0 Å². The van der Waals surface area contributed by atoms with E-state index in [2.05, 4.69) is 70.6 Å². The molecule has 0 bridgehead atoms. The molecule has 7 rings (SSSR count). The molecular formula is C23H21N2Se+. The number of benzene rings is 3. The molecule has 2 nitrogen and oxygen atoms in total. The van der Waals surface area contributed by atoms with E-state index < -0.39 is 13.3 Å². The minimum atomic E-state index is -2.14. The van der Waals surface area contributed by atoms with E-state index in [0.29, 0.717) is 0 Å². The second kappa shape index (κ2) is 4.49. The van der Waals surface area contributed by atoms with Crippen LogP contribution in [0, 0.1) is 0 Å². The molecule has 0 aromatic heterocycles. The van der Waals surface area contributed by atoms with Crippen molar-refractivity contribution in [2.75, 3.05) is 0 Å². The summed E-state index contributed by atoms with van der Waals surface area (Å²) in [6, 6.07) is 25.5. The first-order valence-electron chi connectivity index (χ1n) is 9.52. The zero-order valence-corrected chi connectivity index (χ0v) is 16.4. The molecule has 3 aromatic rings. The third-order valence-electron chi connectivity index (χ3n) is 6.78. The third kappa shape index (κ3) is 1.39. The zero-order chi connectivity index (χ0) is 16.9. The van der Waals surface area contributed by atoms with E-state index in [0.717, 1.165) is 0 Å². The minimum absolute atomic E-state index is 1.17. The number of hydrogen-bond acceptors (Lipinski definition) is 1. The quantitative estimate of drug-likeness (QED) is 0.594. The second-order valence-electron chi connectivity index (χ2n) is 8.18. The van der Waals surface area contributed by atoms with Gasteiger partial charge < -0.3 is 0 Å². The Kier molecular flexibility index (Phi) is 2.45. The molecule has 0 radical (unpaired) electrons. The van der Waals surface area contributed by atoms with Gasteiger partial charge >= 0.3 is 157 Å². The topological polar surface area (TPSA) is 3.24 Å². The maximum atomic E-state index is 2.95. The Morgan fingerprint density at radius 3 is 1.88 bits per heavy atom. The van der Waals surface area contributed by atoms with Crippen molar-refractivity contribution in [2.24, 2.45) is 0 Å². The Labute approximate surface area is 156 Å². The number of quaternary nitrogens is 1. The first-order chi connectivity index (χ1) is 12.8. The molecular weight excluding hydrogens is 383 g/mol. The molecule has 3 heteroatoms. The van der Waals surface area contributed by atoms with Gasteiger partial charge in [0.25, 0.3) is 0 Å². The maximum absolute atomic E-state index is 2.95. The van der Waals surface area contributed by atoms with Crippen LogP contribution in [0.1, 0.15) is 27.8 Å². The molecule has 3 aromatic carbocycles. The van der Waals surface area contributed by atoms with Gasteiger partial charge in [-0.15, -0.1) is 0 Å². The summed E-state index contributed by atoms with van der Waals surface area (Å²) in [5.74, 6) is 0. The fourth-order valence-corrected chi connectivity index (χ4v) is 17.9. The normalized spacial score (nSPS) is 31.7. The number of hydrogen-bond donors (Lipinski definition) is 0. The van der Waals surface area contributed by atoms with Gasteiger partial charge in [-0.3, -0.25) is 0 Å². The predicted octanol–water partition coefficient (Wildman–Crippen LogP) is 2.62. The van der Waals surface area contributed by atoms with Crippen molar-refractivity contribution in [3.8, 4) is 0 Å². The van der Waals surface area contributed by atoms with Crippen LogP contribution in [-0.4, -0.2) is 20.7 Å². The molecule has 4 heterocycles. The van der Waals surface area contributed by atoms with E-state index in [1.165, 1.54) is 41.8 Å². The van der Waals surface area contributed by atoms with Crippen LogP contribution in [0.25, 0.3) is 0 Å². The Bertz CT molecular complexity index is 1030. The molecule has 4 aliphatic heterocycles. The summed E-state index contributed by atoms with van der Waals surface area (Å²) in [7, 11) is 0. The molecule has 4 aliphatic rings. The summed E-state index contributed by atoms with van der Waals surface area (Å²) in [4.78, 5) is 0. The average molecular weight is 404 g/mol. The van der Waals surface area contributed by atoms with Crippen molar-refractivity contribution >= 4 is 22.2 Å². The Morgan fingerprint density at radius 1 is 0.692 bits per heavy atom. The molecule has 128 valence electrons. The van der Waals surface area contributed by atoms with E-state index in [1.807, 2.05) is 8.92 Å². The summed E-state index contributed by atoms with van der Waals surface area (Å²) in [5.41, 5.74) is 8.09. The van der Waals surface area contributed by atoms with Crippen LogP contribution < -0.4 is 8.92 Å². The van der Waals surface area contributed by atoms with E-state index >= 15 is 0 Å². The summed E-state index contributed by atoms with van der Waals surface area (Å²) < 4.78 is 7.85. The van der Waals surface area contributed by atoms with E-state index in [4.69, 9.17) is 0 Å². The summed E-state index contributed by atoms with van der Waals surface area (Å²) in [5, 5.41) is 0. The average Bonchev–Trinajstić information content (AvgIpc) is 3.30. The summed E-state index contributed by atoms with van der Waals surface area (Å²) >= 11 is -2.14. The van der Waals surface area contributed by atoms with E-state index in [1.54, 1.807) is 22.3 Å². The molecule has 0 N–H and O–H groups in total. The van der Waals surface area contributed by atoms with Crippen LogP contribution in [0.4, 0.5) is 0 Å². The summed E-state index contributed by atoms with van der Waals surface area (Å²) in [6.07, 6.45) is 0. The van der Waals surface area contributed by atoms with Gasteiger partial charge in [-0.05, 0) is 0 Å². The standard InChI is InChI=1S/C23H21N2Se/c1-2-6-17(7-3-1)14-25-15-20-10-4-8-18-12-24-13-19-9-5-11-21(16-25)23(19)26(24,25)22(18)20/h1-11H,12-16H2/q+1. The van der Waals surface area contributed by atoms with Gasteiger partial charge in [0.15, 0.2) is 0 Å². The van der Waals surface area contributed by atoms with Crippen molar-refractivity contribution in [1.29, 1.82) is 0 Å². The zero-order valence-electron chi connectivity index (χ0n) is 14.7. The van der Waals surface area contributed by atoms with Crippen LogP contribution in [-0.2, 0) is 32.7 Å². The Hall–Kier alpha value is -1.90. The Morgan fingerprint density at radius 2 is 1.27 bits per heavy atom. The molecule has 0 saturated heterocycles. The van der Waals surface area contributed by atoms with Crippen molar-refractivity contribution in [1.82, 2.24) is 3.92 Å². The van der Waals surface area contributed by atoms with Crippen molar-refractivity contribution in [2.45, 2.75) is 32.7 Å². The third-order valence-corrected chi connectivity index (χ3v) is 16.6. The molecule has 1 spiro atoms. The van der Waals surface area contributed by atoms with Crippen molar-refractivity contribution in [3.63, 3.8) is 0 Å². The molecule has 0 amide bonds. The van der Waals surface area contributed by atoms with Gasteiger partial charge in [-0.2, -0.15) is 0 Å². The number of nitrogens with zero attached hydrogens (tertiary/aromatic N) is 2. The van der Waals surface area contributed by atoms with Gasteiger partial charge in [0.2, 0.25) is 0 Å². The molecule has 0 saturated carbocycles. The van der Waals surface area contributed by atoms with Crippen LogP contribution in [0.15, 0.2) is 66.7 Å². The van der Waals surface area contributed by atoms with Crippen molar-refractivity contribution in [3.05, 3.63) is 94.5 Å². The molecule has 26 heavy (non-hydrogen) atoms. The first kappa shape index (κ1) is 14.2.